The fraction of sp³-hybridized carbons (Fsp3) is 0.588. The Hall–Kier alpha value is -1.31. The summed E-state index contributed by atoms with van der Waals surface area (Å²) in [6.07, 6.45) is 0. The quantitative estimate of drug-likeness (QED) is 0.415. The molecule has 1 heterocycles. The fourth-order valence-electron chi connectivity index (χ4n) is 2.82. The van der Waals surface area contributed by atoms with Crippen molar-refractivity contribution in [1.82, 2.24) is 10.2 Å². The second kappa shape index (κ2) is 9.86. The van der Waals surface area contributed by atoms with E-state index in [1.165, 1.54) is 12.1 Å². The van der Waals surface area contributed by atoms with E-state index in [1.807, 2.05) is 6.07 Å². The average molecular weight is 354 g/mol. The van der Waals surface area contributed by atoms with Gasteiger partial charge in [-0.15, -0.1) is 0 Å². The Morgan fingerprint density at radius 3 is 2.79 bits per heavy atom. The molecular formula is C17H28FN5S. The molecule has 2 rings (SSSR count). The van der Waals surface area contributed by atoms with Gasteiger partial charge in [0.1, 0.15) is 5.82 Å². The molecule has 134 valence electrons. The zero-order valence-electron chi connectivity index (χ0n) is 14.5. The minimum Gasteiger partial charge on any atom is -0.340 e. The number of nitrogens with two attached hydrogens (primary N) is 1. The van der Waals surface area contributed by atoms with E-state index in [9.17, 15) is 4.39 Å². The Balaban J connectivity index is 2.06. The number of guanidine groups is 1. The lowest BCUT2D eigenvalue weighted by Crippen LogP contribution is -2.57. The van der Waals surface area contributed by atoms with E-state index in [-0.39, 0.29) is 5.82 Å². The monoisotopic (exact) mass is 353 g/mol. The van der Waals surface area contributed by atoms with Crippen LogP contribution in [-0.4, -0.2) is 60.6 Å². The molecule has 0 bridgehead atoms. The Labute approximate surface area is 148 Å². The van der Waals surface area contributed by atoms with Gasteiger partial charge in [-0.3, -0.25) is 4.99 Å². The van der Waals surface area contributed by atoms with Crippen LogP contribution in [-0.2, 0) is 0 Å². The van der Waals surface area contributed by atoms with E-state index in [1.54, 1.807) is 17.8 Å². The van der Waals surface area contributed by atoms with Crippen molar-refractivity contribution < 1.29 is 4.39 Å². The maximum absolute atomic E-state index is 13.5. The highest BCUT2D eigenvalue weighted by molar-refractivity contribution is 7.99. The number of thioether (sulfide) groups is 1. The van der Waals surface area contributed by atoms with Gasteiger partial charge >= 0.3 is 0 Å². The number of aliphatic imine (C=N–C) groups is 1. The molecule has 1 fully saturated rings. The Morgan fingerprint density at radius 1 is 1.38 bits per heavy atom. The molecule has 0 aromatic heterocycles. The predicted octanol–water partition coefficient (Wildman–Crippen LogP) is 1.97. The summed E-state index contributed by atoms with van der Waals surface area (Å²) in [5.74, 6) is 2.45. The van der Waals surface area contributed by atoms with E-state index in [0.717, 1.165) is 42.8 Å². The van der Waals surface area contributed by atoms with Gasteiger partial charge in [-0.1, -0.05) is 6.07 Å². The van der Waals surface area contributed by atoms with Crippen molar-refractivity contribution in [2.24, 2.45) is 10.7 Å². The van der Waals surface area contributed by atoms with E-state index in [0.29, 0.717) is 18.6 Å². The molecule has 7 heteroatoms. The summed E-state index contributed by atoms with van der Waals surface area (Å²) in [7, 11) is 0. The van der Waals surface area contributed by atoms with E-state index in [2.05, 4.69) is 29.4 Å². The number of anilines is 1. The number of hydrogen-bond donors (Lipinski definition) is 3. The molecule has 1 saturated heterocycles. The lowest BCUT2D eigenvalue weighted by atomic mass is 10.1. The standard InChI is InChI=1S/C17H28FN5S/c1-13-11-23(12-14(2)21-13)17(20-7-9-24-8-6-19)22-16-5-3-4-15(18)10-16/h3-5,10,13-14,21H,6-9,11-12,19H2,1-2H3,(H,20,22). The second-order valence-electron chi connectivity index (χ2n) is 6.12. The molecule has 0 radical (unpaired) electrons. The van der Waals surface area contributed by atoms with Gasteiger partial charge in [-0.05, 0) is 32.0 Å². The molecule has 1 aliphatic heterocycles. The van der Waals surface area contributed by atoms with Gasteiger partial charge in [0.05, 0.1) is 6.54 Å². The Bertz CT molecular complexity index is 529. The molecule has 0 saturated carbocycles. The van der Waals surface area contributed by atoms with Gasteiger partial charge in [0, 0.05) is 48.9 Å². The number of nitrogens with one attached hydrogen (secondary N) is 2. The molecule has 4 N–H and O–H groups in total. The number of hydrogen-bond acceptors (Lipinski definition) is 4. The van der Waals surface area contributed by atoms with Crippen LogP contribution in [0.5, 0.6) is 0 Å². The summed E-state index contributed by atoms with van der Waals surface area (Å²) in [5.41, 5.74) is 6.24. The summed E-state index contributed by atoms with van der Waals surface area (Å²) in [5, 5.41) is 6.81. The smallest absolute Gasteiger partial charge is 0.198 e. The maximum atomic E-state index is 13.5. The van der Waals surface area contributed by atoms with Crippen LogP contribution in [0.1, 0.15) is 13.8 Å². The lowest BCUT2D eigenvalue weighted by molar-refractivity contribution is 0.254. The van der Waals surface area contributed by atoms with Gasteiger partial charge in [-0.2, -0.15) is 11.8 Å². The third kappa shape index (κ3) is 6.30. The zero-order chi connectivity index (χ0) is 17.4. The normalized spacial score (nSPS) is 21.8. The van der Waals surface area contributed by atoms with Crippen molar-refractivity contribution in [2.45, 2.75) is 25.9 Å². The van der Waals surface area contributed by atoms with Crippen LogP contribution >= 0.6 is 11.8 Å². The second-order valence-corrected chi connectivity index (χ2v) is 7.34. The summed E-state index contributed by atoms with van der Waals surface area (Å²) < 4.78 is 13.5. The molecule has 1 aromatic rings. The first kappa shape index (κ1) is 19.0. The largest absolute Gasteiger partial charge is 0.340 e. The van der Waals surface area contributed by atoms with Crippen LogP contribution in [0.4, 0.5) is 10.1 Å². The van der Waals surface area contributed by atoms with Gasteiger partial charge in [0.15, 0.2) is 5.96 Å². The summed E-state index contributed by atoms with van der Waals surface area (Å²) in [6, 6.07) is 7.28. The van der Waals surface area contributed by atoms with Gasteiger partial charge in [0.2, 0.25) is 0 Å². The summed E-state index contributed by atoms with van der Waals surface area (Å²) >= 11 is 1.80. The molecular weight excluding hydrogens is 325 g/mol. The molecule has 0 amide bonds. The topological polar surface area (TPSA) is 65.7 Å². The minimum absolute atomic E-state index is 0.250. The van der Waals surface area contributed by atoms with Crippen LogP contribution in [0, 0.1) is 5.82 Å². The highest BCUT2D eigenvalue weighted by Crippen LogP contribution is 2.12. The van der Waals surface area contributed by atoms with E-state index < -0.39 is 0 Å². The predicted molar refractivity (Wildman–Crippen MR) is 102 cm³/mol. The van der Waals surface area contributed by atoms with Crippen LogP contribution in [0.25, 0.3) is 0 Å². The van der Waals surface area contributed by atoms with Crippen molar-refractivity contribution in [3.05, 3.63) is 30.1 Å². The minimum atomic E-state index is -0.250. The van der Waals surface area contributed by atoms with Gasteiger partial charge in [0.25, 0.3) is 0 Å². The first-order valence-electron chi connectivity index (χ1n) is 8.44. The van der Waals surface area contributed by atoms with Crippen molar-refractivity contribution >= 4 is 23.4 Å². The van der Waals surface area contributed by atoms with Crippen LogP contribution in [0.2, 0.25) is 0 Å². The zero-order valence-corrected chi connectivity index (χ0v) is 15.3. The number of nitrogens with zero attached hydrogens (tertiary/aromatic N) is 2. The number of halogens is 1. The highest BCUT2D eigenvalue weighted by Gasteiger charge is 2.23. The summed E-state index contributed by atoms with van der Waals surface area (Å²) in [6.45, 7) is 7.49. The first-order chi connectivity index (χ1) is 11.6. The number of benzene rings is 1. The number of rotatable bonds is 6. The fourth-order valence-corrected chi connectivity index (χ4v) is 3.41. The Kier molecular flexibility index (Phi) is 7.81. The van der Waals surface area contributed by atoms with E-state index in [4.69, 9.17) is 10.7 Å². The van der Waals surface area contributed by atoms with Gasteiger partial charge < -0.3 is 21.3 Å². The molecule has 24 heavy (non-hydrogen) atoms. The lowest BCUT2D eigenvalue weighted by Gasteiger charge is -2.38. The van der Waals surface area contributed by atoms with E-state index >= 15 is 0 Å². The van der Waals surface area contributed by atoms with Gasteiger partial charge in [-0.25, -0.2) is 4.39 Å². The molecule has 2 unspecified atom stereocenters. The average Bonchev–Trinajstić information content (AvgIpc) is 2.52. The molecule has 2 atom stereocenters. The van der Waals surface area contributed by atoms with Crippen LogP contribution in [0.15, 0.2) is 29.3 Å². The van der Waals surface area contributed by atoms with Crippen molar-refractivity contribution in [1.29, 1.82) is 0 Å². The van der Waals surface area contributed by atoms with Crippen LogP contribution in [0.3, 0.4) is 0 Å². The first-order valence-corrected chi connectivity index (χ1v) is 9.60. The van der Waals surface area contributed by atoms with Crippen molar-refractivity contribution in [2.75, 3.05) is 43.0 Å². The maximum Gasteiger partial charge on any atom is 0.198 e. The van der Waals surface area contributed by atoms with Crippen molar-refractivity contribution in [3.63, 3.8) is 0 Å². The molecule has 0 aliphatic carbocycles. The highest BCUT2D eigenvalue weighted by atomic mass is 32.2. The molecule has 5 nitrogen and oxygen atoms in total. The summed E-state index contributed by atoms with van der Waals surface area (Å²) in [4.78, 5) is 6.97. The van der Waals surface area contributed by atoms with Crippen molar-refractivity contribution in [3.8, 4) is 0 Å². The third-order valence-corrected chi connectivity index (χ3v) is 4.69. The third-order valence-electron chi connectivity index (χ3n) is 3.70. The Morgan fingerprint density at radius 2 is 2.12 bits per heavy atom. The molecule has 0 spiro atoms. The number of piperazine rings is 1. The van der Waals surface area contributed by atoms with Crippen LogP contribution < -0.4 is 16.4 Å². The molecule has 1 aliphatic rings. The molecule has 1 aromatic carbocycles. The SMILES string of the molecule is CC1CN(C(=NCCSCCN)Nc2cccc(F)c2)CC(C)N1.